The molecule has 1 aliphatic heterocycles. The van der Waals surface area contributed by atoms with E-state index in [1.165, 1.54) is 13.0 Å². The monoisotopic (exact) mass is 546 g/mol. The van der Waals surface area contributed by atoms with Gasteiger partial charge in [-0.1, -0.05) is 16.8 Å². The molecule has 2 heterocycles. The predicted molar refractivity (Wildman–Crippen MR) is 111 cm³/mol. The van der Waals surface area contributed by atoms with Crippen LogP contribution in [0, 0.1) is 6.92 Å². The zero-order chi connectivity index (χ0) is 26.0. The zero-order valence-electron chi connectivity index (χ0n) is 17.6. The lowest BCUT2D eigenvalue weighted by molar-refractivity contribution is -0.276. The number of amides is 1. The standard InChI is InChI=1S/C21H15ClF8N2O2S/c1-9-2-15(35-16(9)17(33)31-13-6-18(23,24)7-13)14-8-19(34-32-14,21(28,29)30)10-3-11(20(25,26)27)5-12(22)4-10/h2-5,13H,6-8H2,1H3,(H,31,33)/t19-/m0/s1. The third-order valence-corrected chi connectivity index (χ3v) is 7.21. The maximum Gasteiger partial charge on any atom is 0.435 e. The Morgan fingerprint density at radius 1 is 1.14 bits per heavy atom. The highest BCUT2D eigenvalue weighted by molar-refractivity contribution is 7.16. The summed E-state index contributed by atoms with van der Waals surface area (Å²) < 4.78 is 108. The Morgan fingerprint density at radius 2 is 1.80 bits per heavy atom. The third-order valence-electron chi connectivity index (χ3n) is 5.71. The highest BCUT2D eigenvalue weighted by Gasteiger charge is 2.63. The van der Waals surface area contributed by atoms with Crippen LogP contribution in [0.2, 0.25) is 5.02 Å². The molecule has 0 spiro atoms. The summed E-state index contributed by atoms with van der Waals surface area (Å²) in [5.74, 6) is -3.51. The van der Waals surface area contributed by atoms with E-state index in [2.05, 4.69) is 10.5 Å². The van der Waals surface area contributed by atoms with Crippen molar-refractivity contribution < 1.29 is 44.8 Å². The number of carbonyl (C=O) groups excluding carboxylic acids is 1. The molecule has 1 atom stereocenters. The summed E-state index contributed by atoms with van der Waals surface area (Å²) in [6.45, 7) is 1.50. The van der Waals surface area contributed by atoms with Crippen molar-refractivity contribution in [3.63, 3.8) is 0 Å². The average Bonchev–Trinajstić information content (AvgIpc) is 3.30. The SMILES string of the molecule is Cc1cc(C2=NO[C@@](c3cc(Cl)cc(C(F)(F)F)c3)(C(F)(F)F)C2)sc1C(=O)NC1CC(F)(F)C1. The van der Waals surface area contributed by atoms with E-state index in [9.17, 15) is 39.9 Å². The second kappa shape index (κ2) is 8.32. The number of rotatable bonds is 4. The van der Waals surface area contributed by atoms with Gasteiger partial charge in [-0.2, -0.15) is 26.3 Å². The van der Waals surface area contributed by atoms with Gasteiger partial charge in [0.1, 0.15) is 5.71 Å². The molecular weight excluding hydrogens is 532 g/mol. The van der Waals surface area contributed by atoms with Crippen molar-refractivity contribution >= 4 is 34.6 Å². The minimum Gasteiger partial charge on any atom is -0.374 e. The molecule has 2 aliphatic rings. The Kier molecular flexibility index (Phi) is 6.11. The highest BCUT2D eigenvalue weighted by atomic mass is 35.5. The second-order valence-electron chi connectivity index (χ2n) is 8.41. The van der Waals surface area contributed by atoms with Crippen LogP contribution in [-0.4, -0.2) is 29.8 Å². The van der Waals surface area contributed by atoms with Crippen LogP contribution in [0.15, 0.2) is 29.4 Å². The normalized spacial score (nSPS) is 22.4. The molecule has 1 aromatic heterocycles. The fourth-order valence-corrected chi connectivity index (χ4v) is 5.18. The predicted octanol–water partition coefficient (Wildman–Crippen LogP) is 6.84. The first-order valence-corrected chi connectivity index (χ1v) is 11.2. The fourth-order valence-electron chi connectivity index (χ4n) is 3.89. The Bertz CT molecular complexity index is 1200. The van der Waals surface area contributed by atoms with Crippen molar-refractivity contribution in [1.29, 1.82) is 0 Å². The molecule has 4 nitrogen and oxygen atoms in total. The number of halogens is 9. The Morgan fingerprint density at radius 3 is 2.37 bits per heavy atom. The van der Waals surface area contributed by atoms with E-state index in [-0.39, 0.29) is 15.5 Å². The number of thiophene rings is 1. The van der Waals surface area contributed by atoms with E-state index >= 15 is 0 Å². The first-order chi connectivity index (χ1) is 16.0. The van der Waals surface area contributed by atoms with Gasteiger partial charge in [-0.05, 0) is 36.8 Å². The van der Waals surface area contributed by atoms with Crippen LogP contribution in [0.4, 0.5) is 35.1 Å². The van der Waals surface area contributed by atoms with Gasteiger partial charge < -0.3 is 10.2 Å². The lowest BCUT2D eigenvalue weighted by atomic mass is 9.87. The van der Waals surface area contributed by atoms with Gasteiger partial charge in [-0.25, -0.2) is 8.78 Å². The van der Waals surface area contributed by atoms with Crippen LogP contribution in [0.1, 0.15) is 50.5 Å². The average molecular weight is 547 g/mol. The maximum atomic E-state index is 14.2. The molecule has 1 aromatic carbocycles. The summed E-state index contributed by atoms with van der Waals surface area (Å²) in [6, 6.07) is 2.19. The number of alkyl halides is 8. The number of carbonyl (C=O) groups is 1. The molecular formula is C21H15ClF8N2O2S. The Hall–Kier alpha value is -2.41. The van der Waals surface area contributed by atoms with Gasteiger partial charge in [0, 0.05) is 29.5 Å². The van der Waals surface area contributed by atoms with Gasteiger partial charge in [0.05, 0.1) is 21.7 Å². The number of benzene rings is 1. The van der Waals surface area contributed by atoms with Crippen molar-refractivity contribution in [3.05, 3.63) is 55.7 Å². The number of hydrogen-bond acceptors (Lipinski definition) is 4. The largest absolute Gasteiger partial charge is 0.435 e. The quantitative estimate of drug-likeness (QED) is 0.427. The van der Waals surface area contributed by atoms with E-state index in [0.717, 1.165) is 17.4 Å². The number of oxime groups is 1. The lowest BCUT2D eigenvalue weighted by Crippen LogP contribution is -2.50. The summed E-state index contributed by atoms with van der Waals surface area (Å²) in [5, 5.41) is 5.38. The highest BCUT2D eigenvalue weighted by Crippen LogP contribution is 2.50. The van der Waals surface area contributed by atoms with E-state index in [0.29, 0.717) is 17.7 Å². The Labute approximate surface area is 201 Å². The van der Waals surface area contributed by atoms with Gasteiger partial charge in [-0.15, -0.1) is 11.3 Å². The Balaban J connectivity index is 1.61. The second-order valence-corrected chi connectivity index (χ2v) is 9.90. The van der Waals surface area contributed by atoms with Crippen LogP contribution in [0.5, 0.6) is 0 Å². The summed E-state index contributed by atoms with van der Waals surface area (Å²) in [5.41, 5.74) is -5.36. The van der Waals surface area contributed by atoms with Crippen molar-refractivity contribution in [3.8, 4) is 0 Å². The van der Waals surface area contributed by atoms with Crippen LogP contribution >= 0.6 is 22.9 Å². The maximum absolute atomic E-state index is 14.2. The molecule has 35 heavy (non-hydrogen) atoms. The number of nitrogens with one attached hydrogen (secondary N) is 1. The molecule has 0 saturated heterocycles. The van der Waals surface area contributed by atoms with Gasteiger partial charge in [0.15, 0.2) is 0 Å². The molecule has 4 rings (SSSR count). The minimum atomic E-state index is -5.17. The van der Waals surface area contributed by atoms with Gasteiger partial charge in [-0.3, -0.25) is 4.79 Å². The summed E-state index contributed by atoms with van der Waals surface area (Å²) in [4.78, 5) is 17.4. The molecule has 0 unspecified atom stereocenters. The number of nitrogens with zero attached hydrogens (tertiary/aromatic N) is 1. The minimum absolute atomic E-state index is 0.0875. The topological polar surface area (TPSA) is 50.7 Å². The molecule has 1 aliphatic carbocycles. The van der Waals surface area contributed by atoms with E-state index in [1.807, 2.05) is 0 Å². The first-order valence-electron chi connectivity index (χ1n) is 10.0. The molecule has 190 valence electrons. The fraction of sp³-hybridized carbons (Fsp3) is 0.429. The zero-order valence-corrected chi connectivity index (χ0v) is 19.2. The van der Waals surface area contributed by atoms with Crippen molar-refractivity contribution in [1.82, 2.24) is 5.32 Å². The molecule has 14 heteroatoms. The third kappa shape index (κ3) is 4.84. The van der Waals surface area contributed by atoms with Gasteiger partial charge >= 0.3 is 12.4 Å². The molecule has 2 aromatic rings. The molecule has 1 N–H and O–H groups in total. The molecule has 1 saturated carbocycles. The van der Waals surface area contributed by atoms with Gasteiger partial charge in [0.2, 0.25) is 0 Å². The van der Waals surface area contributed by atoms with E-state index < -0.39 is 71.2 Å². The first kappa shape index (κ1) is 25.7. The van der Waals surface area contributed by atoms with Crippen LogP contribution < -0.4 is 5.32 Å². The smallest absolute Gasteiger partial charge is 0.374 e. The van der Waals surface area contributed by atoms with Crippen molar-refractivity contribution in [2.75, 3.05) is 0 Å². The summed E-state index contributed by atoms with van der Waals surface area (Å²) in [6.07, 6.45) is -12.1. The van der Waals surface area contributed by atoms with Crippen LogP contribution in [0.25, 0.3) is 0 Å². The number of aryl methyl sites for hydroxylation is 1. The van der Waals surface area contributed by atoms with Crippen LogP contribution in [-0.2, 0) is 16.6 Å². The van der Waals surface area contributed by atoms with Crippen molar-refractivity contribution in [2.24, 2.45) is 5.16 Å². The summed E-state index contributed by atoms with van der Waals surface area (Å²) in [7, 11) is 0. The van der Waals surface area contributed by atoms with Gasteiger partial charge in [0.25, 0.3) is 17.4 Å². The summed E-state index contributed by atoms with van der Waals surface area (Å²) >= 11 is 6.46. The molecule has 0 bridgehead atoms. The van der Waals surface area contributed by atoms with Crippen LogP contribution in [0.3, 0.4) is 0 Å². The molecule has 0 radical (unpaired) electrons. The number of hydrogen-bond donors (Lipinski definition) is 1. The lowest BCUT2D eigenvalue weighted by Gasteiger charge is -2.35. The molecule has 1 fully saturated rings. The van der Waals surface area contributed by atoms with E-state index in [4.69, 9.17) is 16.4 Å². The van der Waals surface area contributed by atoms with E-state index in [1.54, 1.807) is 0 Å². The molecule has 1 amide bonds. The van der Waals surface area contributed by atoms with Crippen molar-refractivity contribution in [2.45, 2.75) is 56.1 Å².